The van der Waals surface area contributed by atoms with Gasteiger partial charge in [-0.1, -0.05) is 0 Å². The number of H-pyrrole nitrogens is 1. The summed E-state index contributed by atoms with van der Waals surface area (Å²) < 4.78 is 7.58. The first kappa shape index (κ1) is 17.7. The van der Waals surface area contributed by atoms with E-state index in [4.69, 9.17) is 9.72 Å². The average Bonchev–Trinajstić information content (AvgIpc) is 3.49. The Hall–Kier alpha value is -3.11. The molecule has 6 heterocycles. The quantitative estimate of drug-likeness (QED) is 0.672. The molecule has 3 aromatic heterocycles. The zero-order valence-corrected chi connectivity index (χ0v) is 17.1. The van der Waals surface area contributed by atoms with Crippen LogP contribution in [0.25, 0.3) is 0 Å². The third kappa shape index (κ3) is 2.60. The summed E-state index contributed by atoms with van der Waals surface area (Å²) in [6, 6.07) is 6.49. The minimum absolute atomic E-state index is 0.0761. The molecule has 10 nitrogen and oxygen atoms in total. The summed E-state index contributed by atoms with van der Waals surface area (Å²) >= 11 is 0. The third-order valence-corrected chi connectivity index (χ3v) is 6.20. The number of pyridine rings is 1. The van der Waals surface area contributed by atoms with Crippen LogP contribution < -0.4 is 20.2 Å². The zero-order chi connectivity index (χ0) is 20.2. The summed E-state index contributed by atoms with van der Waals surface area (Å²) in [5.74, 6) is 2.06. The number of anilines is 4. The molecule has 2 N–H and O–H groups in total. The number of aryl methyl sites for hydroxylation is 1. The van der Waals surface area contributed by atoms with Gasteiger partial charge in [0.15, 0.2) is 0 Å². The first-order chi connectivity index (χ1) is 14.7. The topological polar surface area (TPSA) is 90.4 Å². The van der Waals surface area contributed by atoms with Crippen LogP contribution in [0.2, 0.25) is 0 Å². The maximum Gasteiger partial charge on any atom is 0.131 e. The molecule has 1 saturated heterocycles. The monoisotopic (exact) mass is 407 g/mol. The zero-order valence-electron chi connectivity index (χ0n) is 17.1. The van der Waals surface area contributed by atoms with E-state index in [0.29, 0.717) is 6.61 Å². The van der Waals surface area contributed by atoms with E-state index < -0.39 is 0 Å². The number of aromatic nitrogens is 5. The van der Waals surface area contributed by atoms with Gasteiger partial charge in [0.05, 0.1) is 54.8 Å². The maximum absolute atomic E-state index is 5.66. The van der Waals surface area contributed by atoms with E-state index >= 15 is 0 Å². The average molecular weight is 407 g/mol. The lowest BCUT2D eigenvalue weighted by molar-refractivity contribution is 0.0985. The highest BCUT2D eigenvalue weighted by Crippen LogP contribution is 2.47. The summed E-state index contributed by atoms with van der Waals surface area (Å²) in [7, 11) is 1.98. The van der Waals surface area contributed by atoms with E-state index in [0.717, 1.165) is 60.6 Å². The van der Waals surface area contributed by atoms with E-state index in [2.05, 4.69) is 54.6 Å². The number of rotatable bonds is 3. The fourth-order valence-corrected chi connectivity index (χ4v) is 4.72. The van der Waals surface area contributed by atoms with Gasteiger partial charge in [-0.15, -0.1) is 0 Å². The molecule has 0 bridgehead atoms. The second-order valence-electron chi connectivity index (χ2n) is 8.03. The van der Waals surface area contributed by atoms with Gasteiger partial charge >= 0.3 is 0 Å². The largest absolute Gasteiger partial charge is 0.377 e. The smallest absolute Gasteiger partial charge is 0.131 e. The Balaban J connectivity index is 1.53. The van der Waals surface area contributed by atoms with Gasteiger partial charge in [0.25, 0.3) is 0 Å². The Labute approximate surface area is 174 Å². The van der Waals surface area contributed by atoms with Gasteiger partial charge in [-0.05, 0) is 13.0 Å². The summed E-state index contributed by atoms with van der Waals surface area (Å²) in [4.78, 5) is 9.85. The Morgan fingerprint density at radius 2 is 2.13 bits per heavy atom. The molecule has 156 valence electrons. The van der Waals surface area contributed by atoms with Crippen molar-refractivity contribution in [2.45, 2.75) is 19.0 Å². The number of hydrogen-bond donors (Lipinski definition) is 2. The van der Waals surface area contributed by atoms with Crippen molar-refractivity contribution in [3.63, 3.8) is 0 Å². The molecule has 0 aliphatic carbocycles. The van der Waals surface area contributed by atoms with Gasteiger partial charge in [0.2, 0.25) is 0 Å². The number of ether oxygens (including phenoxy) is 1. The molecule has 0 amide bonds. The highest BCUT2D eigenvalue weighted by Gasteiger charge is 2.40. The standard InChI is InChI=1S/C20H25N9O/c1-13-12-30-10-9-27(13)16-11-15-20-19(23-16)18(14-3-5-21-24-14)25-29(20)8-7-28(15)17-4-6-22-26(17)2/h3-6,11,13,18,25H,7-10,12H2,1-2H3,(H,21,24)/t13-,18?/m1/s1. The van der Waals surface area contributed by atoms with Crippen LogP contribution in [-0.2, 0) is 11.8 Å². The van der Waals surface area contributed by atoms with Crippen LogP contribution >= 0.6 is 0 Å². The van der Waals surface area contributed by atoms with Crippen molar-refractivity contribution in [1.29, 1.82) is 0 Å². The molecule has 3 aliphatic heterocycles. The fourth-order valence-electron chi connectivity index (χ4n) is 4.72. The first-order valence-corrected chi connectivity index (χ1v) is 10.4. The number of aromatic amines is 1. The molecule has 10 heteroatoms. The second-order valence-corrected chi connectivity index (χ2v) is 8.03. The molecule has 0 aromatic carbocycles. The predicted molar refractivity (Wildman–Crippen MR) is 113 cm³/mol. The van der Waals surface area contributed by atoms with Crippen LogP contribution in [0.4, 0.5) is 23.0 Å². The van der Waals surface area contributed by atoms with E-state index in [1.54, 1.807) is 0 Å². The molecule has 1 fully saturated rings. The molecule has 0 spiro atoms. The predicted octanol–water partition coefficient (Wildman–Crippen LogP) is 1.33. The summed E-state index contributed by atoms with van der Waals surface area (Å²) in [5, 5.41) is 14.0. The molecule has 3 aliphatic rings. The Kier molecular flexibility index (Phi) is 3.96. The number of morpholine rings is 1. The minimum atomic E-state index is -0.0761. The first-order valence-electron chi connectivity index (χ1n) is 10.4. The van der Waals surface area contributed by atoms with E-state index in [9.17, 15) is 0 Å². The van der Waals surface area contributed by atoms with Crippen molar-refractivity contribution in [3.8, 4) is 0 Å². The van der Waals surface area contributed by atoms with Crippen LogP contribution in [0, 0.1) is 0 Å². The van der Waals surface area contributed by atoms with E-state index in [1.807, 2.05) is 30.2 Å². The van der Waals surface area contributed by atoms with Crippen molar-refractivity contribution in [2.24, 2.45) is 7.05 Å². The Bertz CT molecular complexity index is 1060. The molecule has 6 rings (SSSR count). The normalized spacial score (nSPS) is 23.2. The molecule has 0 radical (unpaired) electrons. The van der Waals surface area contributed by atoms with Crippen molar-refractivity contribution in [2.75, 3.05) is 47.7 Å². The lowest BCUT2D eigenvalue weighted by Crippen LogP contribution is -2.45. The number of hydrogen-bond acceptors (Lipinski definition) is 8. The van der Waals surface area contributed by atoms with Crippen LogP contribution in [-0.4, -0.2) is 63.9 Å². The van der Waals surface area contributed by atoms with Crippen molar-refractivity contribution in [3.05, 3.63) is 42.0 Å². The Morgan fingerprint density at radius 3 is 2.90 bits per heavy atom. The number of nitrogens with zero attached hydrogens (tertiary/aromatic N) is 7. The summed E-state index contributed by atoms with van der Waals surface area (Å²) in [5.41, 5.74) is 7.85. The number of hydrazine groups is 1. The molecule has 2 atom stereocenters. The molecule has 3 aromatic rings. The highest BCUT2D eigenvalue weighted by atomic mass is 16.5. The Morgan fingerprint density at radius 1 is 1.20 bits per heavy atom. The van der Waals surface area contributed by atoms with Gasteiger partial charge < -0.3 is 19.5 Å². The van der Waals surface area contributed by atoms with Crippen molar-refractivity contribution in [1.82, 2.24) is 30.4 Å². The minimum Gasteiger partial charge on any atom is -0.377 e. The van der Waals surface area contributed by atoms with Gasteiger partial charge in [-0.25, -0.2) is 10.4 Å². The SMILES string of the molecule is C[C@@H]1COCCN1c1cc2c3c(n1)C(c1cc[nH]n1)NN3CCN2c1ccnn1C. The van der Waals surface area contributed by atoms with Gasteiger partial charge in [-0.2, -0.15) is 10.2 Å². The van der Waals surface area contributed by atoms with E-state index in [1.165, 1.54) is 0 Å². The molecule has 0 saturated carbocycles. The van der Waals surface area contributed by atoms with Gasteiger partial charge in [0, 0.05) is 38.5 Å². The van der Waals surface area contributed by atoms with Crippen molar-refractivity contribution >= 4 is 23.0 Å². The van der Waals surface area contributed by atoms with Crippen LogP contribution in [0.1, 0.15) is 24.4 Å². The van der Waals surface area contributed by atoms with E-state index in [-0.39, 0.29) is 12.1 Å². The lowest BCUT2D eigenvalue weighted by Gasteiger charge is -2.38. The number of nitrogens with one attached hydrogen (secondary N) is 2. The van der Waals surface area contributed by atoms with Gasteiger partial charge in [-0.3, -0.25) is 9.78 Å². The molecule has 1 unspecified atom stereocenters. The van der Waals surface area contributed by atoms with Gasteiger partial charge in [0.1, 0.15) is 17.7 Å². The maximum atomic E-state index is 5.66. The van der Waals surface area contributed by atoms with Crippen LogP contribution in [0.15, 0.2) is 30.6 Å². The van der Waals surface area contributed by atoms with Crippen molar-refractivity contribution < 1.29 is 4.74 Å². The highest BCUT2D eigenvalue weighted by molar-refractivity contribution is 5.84. The fraction of sp³-hybridized carbons (Fsp3) is 0.450. The molecular formula is C20H25N9O. The van der Waals surface area contributed by atoms with Crippen LogP contribution in [0.3, 0.4) is 0 Å². The molecule has 30 heavy (non-hydrogen) atoms. The molecular weight excluding hydrogens is 382 g/mol. The lowest BCUT2D eigenvalue weighted by atomic mass is 10.1. The summed E-state index contributed by atoms with van der Waals surface area (Å²) in [6.07, 6.45) is 3.70. The third-order valence-electron chi connectivity index (χ3n) is 6.20. The summed E-state index contributed by atoms with van der Waals surface area (Å²) in [6.45, 7) is 6.16. The van der Waals surface area contributed by atoms with Crippen LogP contribution in [0.5, 0.6) is 0 Å². The second kappa shape index (κ2) is 6.71.